The van der Waals surface area contributed by atoms with Crippen molar-refractivity contribution in [2.45, 2.75) is 4.90 Å². The van der Waals surface area contributed by atoms with Gasteiger partial charge in [0.15, 0.2) is 17.3 Å². The zero-order valence-electron chi connectivity index (χ0n) is 14.1. The first-order valence-corrected chi connectivity index (χ1v) is 9.46. The number of amides is 1. The van der Waals surface area contributed by atoms with Crippen LogP contribution < -0.4 is 4.73 Å². The quantitative estimate of drug-likeness (QED) is 0.320. The van der Waals surface area contributed by atoms with E-state index in [0.717, 1.165) is 10.4 Å². The van der Waals surface area contributed by atoms with Gasteiger partial charge >= 0.3 is 0 Å². The number of aromatic nitrogens is 1. The highest BCUT2D eigenvalue weighted by atomic mass is 32.2. The number of pyridine rings is 1. The van der Waals surface area contributed by atoms with Crippen LogP contribution in [0.5, 0.6) is 0 Å². The van der Waals surface area contributed by atoms with Crippen LogP contribution in [0.4, 0.5) is 5.69 Å². The Balaban J connectivity index is 1.74. The molecule has 3 rings (SSSR count). The van der Waals surface area contributed by atoms with E-state index >= 15 is 0 Å². The van der Waals surface area contributed by atoms with Crippen LogP contribution in [0.1, 0.15) is 10.4 Å². The predicted octanol–water partition coefficient (Wildman–Crippen LogP) is 0.375. The highest BCUT2D eigenvalue weighted by Gasteiger charge is 2.34. The molecule has 1 aliphatic heterocycles. The predicted molar refractivity (Wildman–Crippen MR) is 93.2 cm³/mol. The molecule has 0 radical (unpaired) electrons. The second-order valence-corrected chi connectivity index (χ2v) is 7.77. The van der Waals surface area contributed by atoms with Gasteiger partial charge in [0, 0.05) is 44.4 Å². The van der Waals surface area contributed by atoms with Crippen molar-refractivity contribution in [2.75, 3.05) is 26.2 Å². The average Bonchev–Trinajstić information content (AvgIpc) is 2.68. The largest absolute Gasteiger partial charge is 0.619 e. The zero-order valence-corrected chi connectivity index (χ0v) is 14.9. The molecule has 0 saturated carbocycles. The van der Waals surface area contributed by atoms with Crippen LogP contribution in [0.15, 0.2) is 53.7 Å². The van der Waals surface area contributed by atoms with E-state index in [1.165, 1.54) is 47.6 Å². The van der Waals surface area contributed by atoms with Gasteiger partial charge in [0.25, 0.3) is 11.6 Å². The summed E-state index contributed by atoms with van der Waals surface area (Å²) in [7, 11) is -4.05. The number of piperazine rings is 1. The van der Waals surface area contributed by atoms with Crippen molar-refractivity contribution in [3.63, 3.8) is 0 Å². The summed E-state index contributed by atoms with van der Waals surface area (Å²) >= 11 is 0. The van der Waals surface area contributed by atoms with E-state index in [1.807, 2.05) is 0 Å². The van der Waals surface area contributed by atoms with E-state index in [-0.39, 0.29) is 37.0 Å². The van der Waals surface area contributed by atoms with Crippen LogP contribution in [0, 0.1) is 15.3 Å². The molecule has 1 aromatic heterocycles. The molecule has 0 atom stereocenters. The minimum absolute atomic E-state index is 0.0223. The van der Waals surface area contributed by atoms with E-state index in [0.29, 0.717) is 10.3 Å². The maximum Gasteiger partial charge on any atom is 0.289 e. The normalized spacial score (nSPS) is 15.5. The van der Waals surface area contributed by atoms with Gasteiger partial charge in [-0.2, -0.15) is 9.04 Å². The minimum atomic E-state index is -4.05. The van der Waals surface area contributed by atoms with E-state index in [9.17, 15) is 28.5 Å². The van der Waals surface area contributed by atoms with Crippen molar-refractivity contribution < 1.29 is 22.9 Å². The van der Waals surface area contributed by atoms with Gasteiger partial charge in [0.2, 0.25) is 10.0 Å². The molecule has 0 aliphatic carbocycles. The molecular formula is C16H16N4O6S. The van der Waals surface area contributed by atoms with Gasteiger partial charge in [0.05, 0.1) is 10.5 Å². The molecule has 2 heterocycles. The van der Waals surface area contributed by atoms with Gasteiger partial charge in [-0.15, -0.1) is 0 Å². The minimum Gasteiger partial charge on any atom is -0.619 e. The Hall–Kier alpha value is -3.05. The monoisotopic (exact) mass is 392 g/mol. The van der Waals surface area contributed by atoms with E-state index in [1.54, 1.807) is 0 Å². The summed E-state index contributed by atoms with van der Waals surface area (Å²) in [6.07, 6.45) is 2.42. The molecule has 1 aromatic carbocycles. The third-order valence-corrected chi connectivity index (χ3v) is 6.20. The lowest BCUT2D eigenvalue weighted by Gasteiger charge is -2.33. The summed E-state index contributed by atoms with van der Waals surface area (Å²) in [5.41, 5.74) is -0.150. The first kappa shape index (κ1) is 18.7. The van der Waals surface area contributed by atoms with Crippen molar-refractivity contribution in [3.05, 3.63) is 69.7 Å². The van der Waals surface area contributed by atoms with Crippen LogP contribution in [-0.4, -0.2) is 54.6 Å². The van der Waals surface area contributed by atoms with Crippen LogP contribution in [0.25, 0.3) is 0 Å². The van der Waals surface area contributed by atoms with Gasteiger partial charge in [-0.05, 0) is 6.07 Å². The Labute approximate surface area is 155 Å². The molecule has 1 saturated heterocycles. The summed E-state index contributed by atoms with van der Waals surface area (Å²) in [5, 5.41) is 22.2. The molecule has 2 aromatic rings. The second kappa shape index (κ2) is 7.29. The van der Waals surface area contributed by atoms with Crippen molar-refractivity contribution in [1.82, 2.24) is 9.21 Å². The smallest absolute Gasteiger partial charge is 0.289 e. The van der Waals surface area contributed by atoms with Crippen LogP contribution >= 0.6 is 0 Å². The SMILES string of the molecule is O=C(c1cc[n+]([O-])cc1)N1CCN(S(=O)(=O)c2ccccc2[N+](=O)[O-])CC1. The lowest BCUT2D eigenvalue weighted by atomic mass is 10.2. The maximum atomic E-state index is 12.8. The van der Waals surface area contributed by atoms with Crippen molar-refractivity contribution in [1.29, 1.82) is 0 Å². The number of hydrogen-bond donors (Lipinski definition) is 0. The Morgan fingerprint density at radius 1 is 1.04 bits per heavy atom. The molecule has 142 valence electrons. The summed E-state index contributed by atoms with van der Waals surface area (Å²) in [6.45, 7) is 0.332. The number of hydrogen-bond acceptors (Lipinski definition) is 6. The van der Waals surface area contributed by atoms with Crippen LogP contribution in [-0.2, 0) is 10.0 Å². The number of nitro groups is 1. The molecule has 0 N–H and O–H groups in total. The average molecular weight is 392 g/mol. The van der Waals surface area contributed by atoms with Gasteiger partial charge in [-0.1, -0.05) is 12.1 Å². The number of nitro benzene ring substituents is 1. The fourth-order valence-electron chi connectivity index (χ4n) is 2.83. The lowest BCUT2D eigenvalue weighted by molar-refractivity contribution is -0.605. The number of para-hydroxylation sites is 1. The topological polar surface area (TPSA) is 128 Å². The summed E-state index contributed by atoms with van der Waals surface area (Å²) in [5.74, 6) is -0.307. The molecule has 1 fully saturated rings. The number of carbonyl (C=O) groups is 1. The Bertz CT molecular complexity index is 969. The molecule has 0 spiro atoms. The van der Waals surface area contributed by atoms with Crippen LogP contribution in [0.3, 0.4) is 0 Å². The number of nitrogens with zero attached hydrogens (tertiary/aromatic N) is 4. The van der Waals surface area contributed by atoms with Crippen molar-refractivity contribution in [2.24, 2.45) is 0 Å². The van der Waals surface area contributed by atoms with Gasteiger partial charge < -0.3 is 10.1 Å². The third kappa shape index (κ3) is 3.73. The van der Waals surface area contributed by atoms with E-state index in [2.05, 4.69) is 0 Å². The molecule has 0 unspecified atom stereocenters. The molecule has 27 heavy (non-hydrogen) atoms. The highest BCUT2D eigenvalue weighted by Crippen LogP contribution is 2.27. The van der Waals surface area contributed by atoms with Crippen molar-refractivity contribution >= 4 is 21.6 Å². The standard InChI is InChI=1S/C16H16N4O6S/c21-16(13-5-7-18(22)8-6-13)17-9-11-19(12-10-17)27(25,26)15-4-2-1-3-14(15)20(23)24/h1-8H,9-12H2. The maximum absolute atomic E-state index is 12.8. The zero-order chi connectivity index (χ0) is 19.6. The van der Waals surface area contributed by atoms with Gasteiger partial charge in [-0.3, -0.25) is 14.9 Å². The Kier molecular flexibility index (Phi) is 5.06. The number of benzene rings is 1. The lowest BCUT2D eigenvalue weighted by Crippen LogP contribution is -2.50. The molecular weight excluding hydrogens is 376 g/mol. The fraction of sp³-hybridized carbons (Fsp3) is 0.250. The number of sulfonamides is 1. The van der Waals surface area contributed by atoms with Crippen molar-refractivity contribution in [3.8, 4) is 0 Å². The first-order valence-electron chi connectivity index (χ1n) is 8.02. The highest BCUT2D eigenvalue weighted by molar-refractivity contribution is 7.89. The first-order chi connectivity index (χ1) is 12.8. The number of carbonyl (C=O) groups excluding carboxylic acids is 1. The second-order valence-electron chi connectivity index (χ2n) is 5.87. The molecule has 11 heteroatoms. The summed E-state index contributed by atoms with van der Waals surface area (Å²) < 4.78 is 27.3. The molecule has 0 bridgehead atoms. The third-order valence-electron chi connectivity index (χ3n) is 4.25. The molecule has 1 aliphatic rings. The molecule has 1 amide bonds. The van der Waals surface area contributed by atoms with E-state index < -0.39 is 20.6 Å². The molecule has 10 nitrogen and oxygen atoms in total. The number of rotatable bonds is 4. The van der Waals surface area contributed by atoms with E-state index in [4.69, 9.17) is 0 Å². The van der Waals surface area contributed by atoms with Gasteiger partial charge in [-0.25, -0.2) is 8.42 Å². The Morgan fingerprint density at radius 3 is 2.22 bits per heavy atom. The fourth-order valence-corrected chi connectivity index (χ4v) is 4.41. The Morgan fingerprint density at radius 2 is 1.63 bits per heavy atom. The van der Waals surface area contributed by atoms with Crippen LogP contribution in [0.2, 0.25) is 0 Å². The summed E-state index contributed by atoms with van der Waals surface area (Å²) in [6, 6.07) is 7.96. The van der Waals surface area contributed by atoms with Gasteiger partial charge in [0.1, 0.15) is 0 Å². The summed E-state index contributed by atoms with van der Waals surface area (Å²) in [4.78, 5) is 23.9.